The molecule has 0 radical (unpaired) electrons. The highest BCUT2D eigenvalue weighted by Crippen LogP contribution is 2.12. The molecule has 0 amide bonds. The van der Waals surface area contributed by atoms with Crippen LogP contribution in [0.4, 0.5) is 0 Å². The van der Waals surface area contributed by atoms with E-state index < -0.39 is 5.97 Å². The molecule has 0 rings (SSSR count). The minimum absolute atomic E-state index is 0.224. The highest BCUT2D eigenvalue weighted by Gasteiger charge is 1.98. The minimum Gasteiger partial charge on any atom is -0.460 e. The smallest absolute Gasteiger partial charge is 0.371 e. The Morgan fingerprint density at radius 3 is 1.55 bits per heavy atom. The van der Waals surface area contributed by atoms with Crippen molar-refractivity contribution in [2.45, 2.75) is 90.4 Å². The topological polar surface area (TPSA) is 43.4 Å². The standard InChI is InChI=1S/C17H32O3/c1-2-3-4-5-6-7-8-9-10-11-12-13-14-15-20-17(19)16-18/h16H,2-15H2,1H3. The largest absolute Gasteiger partial charge is 0.460 e. The maximum Gasteiger partial charge on any atom is 0.371 e. The van der Waals surface area contributed by atoms with E-state index in [9.17, 15) is 9.59 Å². The van der Waals surface area contributed by atoms with Crippen LogP contribution < -0.4 is 0 Å². The van der Waals surface area contributed by atoms with Crippen molar-refractivity contribution in [3.8, 4) is 0 Å². The van der Waals surface area contributed by atoms with E-state index in [0.717, 1.165) is 12.8 Å². The summed E-state index contributed by atoms with van der Waals surface area (Å²) in [5, 5.41) is 0. The summed E-state index contributed by atoms with van der Waals surface area (Å²) < 4.78 is 4.68. The van der Waals surface area contributed by atoms with E-state index in [4.69, 9.17) is 0 Å². The Labute approximate surface area is 124 Å². The number of aldehydes is 1. The van der Waals surface area contributed by atoms with Gasteiger partial charge < -0.3 is 4.74 Å². The molecule has 118 valence electrons. The van der Waals surface area contributed by atoms with Crippen molar-refractivity contribution in [2.75, 3.05) is 6.61 Å². The van der Waals surface area contributed by atoms with E-state index in [2.05, 4.69) is 11.7 Å². The van der Waals surface area contributed by atoms with Crippen LogP contribution >= 0.6 is 0 Å². The summed E-state index contributed by atoms with van der Waals surface area (Å²) in [4.78, 5) is 20.5. The second-order valence-electron chi connectivity index (χ2n) is 5.53. The molecular formula is C17H32O3. The number of unbranched alkanes of at least 4 members (excludes halogenated alkanes) is 12. The van der Waals surface area contributed by atoms with Crippen molar-refractivity contribution in [3.05, 3.63) is 0 Å². The van der Waals surface area contributed by atoms with Gasteiger partial charge in [-0.3, -0.25) is 4.79 Å². The fourth-order valence-corrected chi connectivity index (χ4v) is 2.33. The summed E-state index contributed by atoms with van der Waals surface area (Å²) >= 11 is 0. The zero-order valence-electron chi connectivity index (χ0n) is 13.2. The van der Waals surface area contributed by atoms with Crippen molar-refractivity contribution in [1.29, 1.82) is 0 Å². The lowest BCUT2D eigenvalue weighted by Crippen LogP contribution is -2.06. The molecule has 0 aliphatic heterocycles. The molecule has 0 heterocycles. The first-order chi connectivity index (χ1) is 9.81. The van der Waals surface area contributed by atoms with Crippen molar-refractivity contribution >= 4 is 12.3 Å². The molecule has 0 atom stereocenters. The molecule has 0 saturated heterocycles. The zero-order valence-corrected chi connectivity index (χ0v) is 13.2. The summed E-state index contributed by atoms with van der Waals surface area (Å²) in [6.45, 7) is 2.64. The number of rotatable bonds is 15. The Bertz CT molecular complexity index is 226. The van der Waals surface area contributed by atoms with Crippen LogP contribution in [0.25, 0.3) is 0 Å². The SMILES string of the molecule is CCCCCCCCCCCCCCCOC(=O)C=O. The van der Waals surface area contributed by atoms with Gasteiger partial charge in [-0.1, -0.05) is 84.0 Å². The van der Waals surface area contributed by atoms with Crippen molar-refractivity contribution in [2.24, 2.45) is 0 Å². The Kier molecular flexibility index (Phi) is 15.5. The van der Waals surface area contributed by atoms with Gasteiger partial charge in [0.05, 0.1) is 6.61 Å². The van der Waals surface area contributed by atoms with Crippen LogP contribution in [-0.4, -0.2) is 18.9 Å². The minimum atomic E-state index is -0.746. The number of carbonyl (C=O) groups excluding carboxylic acids is 2. The predicted octanol–water partition coefficient (Wildman–Crippen LogP) is 4.82. The number of hydrogen-bond acceptors (Lipinski definition) is 3. The highest BCUT2D eigenvalue weighted by molar-refractivity contribution is 6.20. The molecule has 0 spiro atoms. The first kappa shape index (κ1) is 19.1. The molecular weight excluding hydrogens is 252 g/mol. The summed E-state index contributed by atoms with van der Waals surface area (Å²) in [7, 11) is 0. The van der Waals surface area contributed by atoms with Gasteiger partial charge in [0.25, 0.3) is 0 Å². The normalized spacial score (nSPS) is 10.4. The molecule has 3 nitrogen and oxygen atoms in total. The Morgan fingerprint density at radius 2 is 1.15 bits per heavy atom. The molecule has 0 aromatic carbocycles. The Morgan fingerprint density at radius 1 is 0.750 bits per heavy atom. The molecule has 3 heteroatoms. The summed E-state index contributed by atoms with van der Waals surface area (Å²) in [6.07, 6.45) is 17.1. The average molecular weight is 284 g/mol. The molecule has 0 unspecified atom stereocenters. The van der Waals surface area contributed by atoms with Crippen molar-refractivity contribution in [1.82, 2.24) is 0 Å². The predicted molar refractivity (Wildman–Crippen MR) is 82.7 cm³/mol. The quantitative estimate of drug-likeness (QED) is 0.187. The third kappa shape index (κ3) is 15.2. The van der Waals surface area contributed by atoms with Crippen LogP contribution in [0.15, 0.2) is 0 Å². The molecule has 0 bridgehead atoms. The molecule has 0 saturated carbocycles. The first-order valence-electron chi connectivity index (χ1n) is 8.43. The van der Waals surface area contributed by atoms with E-state index in [-0.39, 0.29) is 6.29 Å². The number of carbonyl (C=O) groups is 2. The third-order valence-corrected chi connectivity index (χ3v) is 3.59. The van der Waals surface area contributed by atoms with Crippen LogP contribution in [0.2, 0.25) is 0 Å². The number of hydrogen-bond donors (Lipinski definition) is 0. The Hall–Kier alpha value is -0.860. The summed E-state index contributed by atoms with van der Waals surface area (Å²) in [5.74, 6) is -0.746. The summed E-state index contributed by atoms with van der Waals surface area (Å²) in [6, 6.07) is 0. The second kappa shape index (κ2) is 16.2. The van der Waals surface area contributed by atoms with Crippen molar-refractivity contribution in [3.63, 3.8) is 0 Å². The Balaban J connectivity index is 2.99. The molecule has 0 N–H and O–H groups in total. The maximum atomic E-state index is 10.5. The van der Waals surface area contributed by atoms with E-state index in [0.29, 0.717) is 6.61 Å². The average Bonchev–Trinajstić information content (AvgIpc) is 2.47. The molecule has 20 heavy (non-hydrogen) atoms. The zero-order chi connectivity index (χ0) is 14.9. The molecule has 0 aliphatic carbocycles. The van der Waals surface area contributed by atoms with Gasteiger partial charge >= 0.3 is 5.97 Å². The van der Waals surface area contributed by atoms with Crippen LogP contribution in [0.3, 0.4) is 0 Å². The highest BCUT2D eigenvalue weighted by atomic mass is 16.5. The fraction of sp³-hybridized carbons (Fsp3) is 0.882. The van der Waals surface area contributed by atoms with E-state index in [1.54, 1.807) is 0 Å². The van der Waals surface area contributed by atoms with Crippen LogP contribution in [0, 0.1) is 0 Å². The lowest BCUT2D eigenvalue weighted by atomic mass is 10.0. The van der Waals surface area contributed by atoms with Crippen molar-refractivity contribution < 1.29 is 14.3 Å². The van der Waals surface area contributed by atoms with Gasteiger partial charge in [0.1, 0.15) is 0 Å². The number of ether oxygens (including phenoxy) is 1. The van der Waals surface area contributed by atoms with Gasteiger partial charge in [0.15, 0.2) is 0 Å². The maximum absolute atomic E-state index is 10.5. The second-order valence-corrected chi connectivity index (χ2v) is 5.53. The first-order valence-corrected chi connectivity index (χ1v) is 8.43. The van der Waals surface area contributed by atoms with Crippen LogP contribution in [0.1, 0.15) is 90.4 Å². The van der Waals surface area contributed by atoms with E-state index in [1.807, 2.05) is 0 Å². The van der Waals surface area contributed by atoms with Gasteiger partial charge in [-0.15, -0.1) is 0 Å². The van der Waals surface area contributed by atoms with Gasteiger partial charge in [-0.2, -0.15) is 0 Å². The molecule has 0 aromatic heterocycles. The van der Waals surface area contributed by atoms with Crippen LogP contribution in [-0.2, 0) is 14.3 Å². The molecule has 0 fully saturated rings. The van der Waals surface area contributed by atoms with Crippen LogP contribution in [0.5, 0.6) is 0 Å². The van der Waals surface area contributed by atoms with Gasteiger partial charge in [-0.05, 0) is 6.42 Å². The fourth-order valence-electron chi connectivity index (χ4n) is 2.33. The van der Waals surface area contributed by atoms with E-state index >= 15 is 0 Å². The van der Waals surface area contributed by atoms with Gasteiger partial charge in [0.2, 0.25) is 6.29 Å². The van der Waals surface area contributed by atoms with E-state index in [1.165, 1.54) is 70.6 Å². The third-order valence-electron chi connectivity index (χ3n) is 3.59. The monoisotopic (exact) mass is 284 g/mol. The lowest BCUT2D eigenvalue weighted by Gasteiger charge is -2.03. The molecule has 0 aliphatic rings. The van der Waals surface area contributed by atoms with Gasteiger partial charge in [-0.25, -0.2) is 4.79 Å². The van der Waals surface area contributed by atoms with Gasteiger partial charge in [0, 0.05) is 0 Å². The number of esters is 1. The lowest BCUT2D eigenvalue weighted by molar-refractivity contribution is -0.148. The molecule has 0 aromatic rings. The summed E-state index contributed by atoms with van der Waals surface area (Å²) in [5.41, 5.74) is 0.